The summed E-state index contributed by atoms with van der Waals surface area (Å²) in [6, 6.07) is 38.5. The summed E-state index contributed by atoms with van der Waals surface area (Å²) in [5.74, 6) is 3.29. The molecule has 4 bridgehead atoms. The van der Waals surface area contributed by atoms with E-state index < -0.39 is 21.3 Å². The van der Waals surface area contributed by atoms with Crippen LogP contribution in [0.4, 0.5) is 0 Å². The van der Waals surface area contributed by atoms with Crippen LogP contribution in [0.5, 0.6) is 0 Å². The maximum atomic E-state index is 2.70. The van der Waals surface area contributed by atoms with E-state index in [4.69, 9.17) is 0 Å². The number of allylic oxidation sites excluding steroid dienone is 4. The van der Waals surface area contributed by atoms with Gasteiger partial charge in [-0.15, -0.1) is 0 Å². The monoisotopic (exact) mass is 816 g/mol. The number of benzene rings is 4. The maximum Gasteiger partial charge on any atom is -1.00 e. The Bertz CT molecular complexity index is 1960. The molecule has 0 aliphatic heterocycles. The van der Waals surface area contributed by atoms with Gasteiger partial charge in [-0.3, -0.25) is 0 Å². The normalized spacial score (nSPS) is 25.3. The van der Waals surface area contributed by atoms with Crippen molar-refractivity contribution in [1.29, 1.82) is 0 Å². The Balaban J connectivity index is 0.00000218. The number of fused-ring (bicyclic) bond motifs is 3. The third-order valence-corrected chi connectivity index (χ3v) is 22.5. The number of hydrogen-bond donors (Lipinski definition) is 0. The molecule has 4 aromatic rings. The molecule has 6 aliphatic rings. The van der Waals surface area contributed by atoms with Gasteiger partial charge in [-0.05, 0) is 0 Å². The van der Waals surface area contributed by atoms with Crippen LogP contribution in [0.15, 0.2) is 118 Å². The summed E-state index contributed by atoms with van der Waals surface area (Å²) in [6.45, 7) is 16.9. The van der Waals surface area contributed by atoms with Gasteiger partial charge in [-0.1, -0.05) is 0 Å². The van der Waals surface area contributed by atoms with Crippen LogP contribution in [0, 0.1) is 29.1 Å². The molecule has 0 heterocycles. The van der Waals surface area contributed by atoms with Crippen LogP contribution in [-0.2, 0) is 32.1 Å². The summed E-state index contributed by atoms with van der Waals surface area (Å²) in [4.78, 5) is 0. The zero-order chi connectivity index (χ0) is 35.3. The molecular weight excluding hydrogens is 763 g/mol. The van der Waals surface area contributed by atoms with Gasteiger partial charge < -0.3 is 24.8 Å². The van der Waals surface area contributed by atoms with Crippen molar-refractivity contribution in [2.75, 3.05) is 0 Å². The van der Waals surface area contributed by atoms with Crippen molar-refractivity contribution < 1.29 is 46.1 Å². The van der Waals surface area contributed by atoms with Gasteiger partial charge in [0.05, 0.1) is 0 Å². The van der Waals surface area contributed by atoms with E-state index in [1.54, 1.807) is 14.3 Å². The van der Waals surface area contributed by atoms with E-state index in [1.807, 2.05) is 8.85 Å². The largest absolute Gasteiger partial charge is 1.00 e. The zero-order valence-corrected chi connectivity index (χ0v) is 36.7. The summed E-state index contributed by atoms with van der Waals surface area (Å²) >= 11 is -2.98. The van der Waals surface area contributed by atoms with Crippen LogP contribution < -0.4 is 24.8 Å². The molecule has 0 aromatic heterocycles. The second kappa shape index (κ2) is 14.3. The summed E-state index contributed by atoms with van der Waals surface area (Å²) in [5.41, 5.74) is 14.4. The van der Waals surface area contributed by atoms with E-state index in [2.05, 4.69) is 158 Å². The first-order chi connectivity index (χ1) is 24.4. The Kier molecular flexibility index (Phi) is 10.5. The molecule has 0 saturated heterocycles. The van der Waals surface area contributed by atoms with Gasteiger partial charge in [-0.2, -0.15) is 0 Å². The number of hydrogen-bond acceptors (Lipinski definition) is 0. The van der Waals surface area contributed by atoms with Crippen molar-refractivity contribution in [3.8, 4) is 11.1 Å². The molecule has 0 spiro atoms. The molecule has 4 saturated carbocycles. The van der Waals surface area contributed by atoms with Gasteiger partial charge in [0, 0.05) is 0 Å². The van der Waals surface area contributed by atoms with Crippen LogP contribution >= 0.6 is 0 Å². The molecule has 0 amide bonds. The molecule has 6 aliphatic carbocycles. The molecule has 0 nitrogen and oxygen atoms in total. The van der Waals surface area contributed by atoms with E-state index in [0.29, 0.717) is 15.0 Å². The minimum absolute atomic E-state index is 0. The molecule has 0 radical (unpaired) electrons. The van der Waals surface area contributed by atoms with E-state index in [0.717, 1.165) is 17.8 Å². The Morgan fingerprint density at radius 2 is 1.04 bits per heavy atom. The van der Waals surface area contributed by atoms with E-state index in [9.17, 15) is 0 Å². The van der Waals surface area contributed by atoms with Crippen molar-refractivity contribution in [3.63, 3.8) is 0 Å². The first-order valence-corrected chi connectivity index (χ1v) is 23.8. The Morgan fingerprint density at radius 1 is 0.604 bits per heavy atom. The minimum Gasteiger partial charge on any atom is -1.00 e. The summed E-state index contributed by atoms with van der Waals surface area (Å²) in [5, 5.41) is 0. The SMILES string of the molecule is CC1C=CC(C23CC4CC(CC(C4)C2)C3)=[C]1[Zr+2](=[C](c1ccccc1)c1ccccc1)[CH]1c2cc(C(C)(C)C)ccc2-c2ccc(C(C)(C)C)cc21.[Cl-].[Cl-]. The second-order valence-corrected chi connectivity index (χ2v) is 25.2. The van der Waals surface area contributed by atoms with Crippen molar-refractivity contribution in [1.82, 2.24) is 0 Å². The summed E-state index contributed by atoms with van der Waals surface area (Å²) in [7, 11) is 0. The van der Waals surface area contributed by atoms with Crippen LogP contribution in [0.2, 0.25) is 0 Å². The minimum atomic E-state index is -2.98. The van der Waals surface area contributed by atoms with E-state index >= 15 is 0 Å². The van der Waals surface area contributed by atoms with Gasteiger partial charge in [-0.25, -0.2) is 0 Å². The van der Waals surface area contributed by atoms with Crippen LogP contribution in [-0.4, -0.2) is 3.21 Å². The average molecular weight is 819 g/mol. The van der Waals surface area contributed by atoms with Crippen molar-refractivity contribution in [3.05, 3.63) is 151 Å². The van der Waals surface area contributed by atoms with Gasteiger partial charge in [0.25, 0.3) is 0 Å². The van der Waals surface area contributed by atoms with E-state index in [-0.39, 0.29) is 35.6 Å². The molecular formula is C50H56Cl2Zr. The van der Waals surface area contributed by atoms with Crippen LogP contribution in [0.25, 0.3) is 11.1 Å². The van der Waals surface area contributed by atoms with Gasteiger partial charge in [0.1, 0.15) is 0 Å². The van der Waals surface area contributed by atoms with Crippen LogP contribution in [0.3, 0.4) is 0 Å². The predicted molar refractivity (Wildman–Crippen MR) is 213 cm³/mol. The fraction of sp³-hybridized carbons (Fsp3) is 0.420. The van der Waals surface area contributed by atoms with Gasteiger partial charge in [0.15, 0.2) is 0 Å². The smallest absolute Gasteiger partial charge is 1.00 e. The third kappa shape index (κ3) is 6.72. The number of rotatable bonds is 5. The fourth-order valence-electron chi connectivity index (χ4n) is 11.6. The van der Waals surface area contributed by atoms with Gasteiger partial charge >= 0.3 is 318 Å². The molecule has 53 heavy (non-hydrogen) atoms. The maximum absolute atomic E-state index is 2.98. The third-order valence-electron chi connectivity index (χ3n) is 13.6. The summed E-state index contributed by atoms with van der Waals surface area (Å²) in [6.07, 6.45) is 14.1. The average Bonchev–Trinajstić information content (AvgIpc) is 3.64. The Labute approximate surface area is 340 Å². The molecule has 1 unspecified atom stereocenters. The Hall–Kier alpha value is -2.31. The molecule has 0 N–H and O–H groups in total. The standard InChI is InChI=1S/C21H25.C16H21.C13H10.2ClH.Zr/c1-20(2,3)16-7-9-18-14(12-16)11-15-13-17(21(4,5)6)8-10-19(15)18;1-11-2-3-15(4-11)16-8-12-5-13(9-16)7-14(6-12)10-16;1-3-7-12(8-4-1)11-13-9-5-2-6-10-13;;;/h7-13H,1-6H3;2-3,11-14H,5-10H2,1H3;1-10H;2*1H;/q;;;;;+2/p-2. The van der Waals surface area contributed by atoms with Gasteiger partial charge in [0.2, 0.25) is 0 Å². The first kappa shape index (κ1) is 38.9. The summed E-state index contributed by atoms with van der Waals surface area (Å²) < 4.78 is 4.02. The molecule has 4 fully saturated rings. The second-order valence-electron chi connectivity index (χ2n) is 19.2. The topological polar surface area (TPSA) is 0 Å². The molecule has 4 aromatic carbocycles. The Morgan fingerprint density at radius 3 is 1.45 bits per heavy atom. The van der Waals surface area contributed by atoms with Crippen molar-refractivity contribution in [2.24, 2.45) is 29.1 Å². The van der Waals surface area contributed by atoms with Crippen molar-refractivity contribution in [2.45, 2.75) is 101 Å². The molecule has 3 heteroatoms. The fourth-order valence-corrected chi connectivity index (χ4v) is 21.8. The molecule has 1 atom stereocenters. The predicted octanol–water partition coefficient (Wildman–Crippen LogP) is 6.92. The number of halogens is 2. The molecule has 274 valence electrons. The molecule has 10 rings (SSSR count). The van der Waals surface area contributed by atoms with E-state index in [1.165, 1.54) is 71.9 Å². The quantitative estimate of drug-likeness (QED) is 0.205. The van der Waals surface area contributed by atoms with Crippen molar-refractivity contribution >= 4 is 3.21 Å². The first-order valence-electron chi connectivity index (χ1n) is 20.0. The van der Waals surface area contributed by atoms with Crippen LogP contribution in [0.1, 0.15) is 124 Å². The zero-order valence-electron chi connectivity index (χ0n) is 32.8.